The van der Waals surface area contributed by atoms with Gasteiger partial charge in [0.15, 0.2) is 0 Å². The molecule has 0 amide bonds. The Hall–Kier alpha value is -3.65. The molecule has 0 aliphatic rings. The molecule has 0 saturated carbocycles. The van der Waals surface area contributed by atoms with E-state index >= 15 is 0 Å². The smallest absolute Gasteiger partial charge is 0.145 e. The first kappa shape index (κ1) is 14.5. The normalized spacial score (nSPS) is 11.7. The van der Waals surface area contributed by atoms with Gasteiger partial charge in [-0.05, 0) is 35.0 Å². The number of fused-ring (bicyclic) bond motifs is 6. The van der Waals surface area contributed by atoms with Crippen molar-refractivity contribution in [1.82, 2.24) is 9.38 Å². The van der Waals surface area contributed by atoms with E-state index in [9.17, 15) is 0 Å². The average Bonchev–Trinajstić information content (AvgIpc) is 3.13. The minimum absolute atomic E-state index is 0.982. The van der Waals surface area contributed by atoms with Gasteiger partial charge in [0.05, 0.1) is 16.6 Å². The zero-order valence-corrected chi connectivity index (χ0v) is 14.6. The van der Waals surface area contributed by atoms with Gasteiger partial charge in [-0.3, -0.25) is 4.40 Å². The fraction of sp³-hybridized carbons (Fsp3) is 0. The number of aromatic nitrogens is 2. The molecule has 0 aliphatic carbocycles. The Bertz CT molecular complexity index is 1470. The van der Waals surface area contributed by atoms with Gasteiger partial charge < -0.3 is 0 Å². The van der Waals surface area contributed by atoms with Crippen LogP contribution in [0, 0.1) is 0 Å². The molecule has 27 heavy (non-hydrogen) atoms. The maximum Gasteiger partial charge on any atom is 0.145 e. The van der Waals surface area contributed by atoms with Crippen LogP contribution in [0.25, 0.3) is 49.5 Å². The molecule has 2 heteroatoms. The Balaban J connectivity index is 1.80. The van der Waals surface area contributed by atoms with Crippen LogP contribution in [0.1, 0.15) is 0 Å². The fourth-order valence-corrected chi connectivity index (χ4v) is 4.06. The van der Waals surface area contributed by atoms with Crippen LogP contribution >= 0.6 is 0 Å². The lowest BCUT2D eigenvalue weighted by molar-refractivity contribution is 1.18. The summed E-state index contributed by atoms with van der Waals surface area (Å²) in [6.45, 7) is 0. The highest BCUT2D eigenvalue weighted by Crippen LogP contribution is 2.32. The molecule has 4 aromatic carbocycles. The van der Waals surface area contributed by atoms with Crippen LogP contribution in [0.5, 0.6) is 0 Å². The number of benzene rings is 4. The summed E-state index contributed by atoms with van der Waals surface area (Å²) in [6.07, 6.45) is 0. The third kappa shape index (κ3) is 2.10. The van der Waals surface area contributed by atoms with Crippen LogP contribution in [0.3, 0.4) is 0 Å². The lowest BCUT2D eigenvalue weighted by Gasteiger charge is -2.11. The van der Waals surface area contributed by atoms with E-state index in [-0.39, 0.29) is 0 Å². The molecule has 0 aliphatic heterocycles. The molecule has 2 heterocycles. The SMILES string of the molecule is c1ccc2cc(-c3nc4ccccc4c4cc5ccccc5n34)ccc2c1. The van der Waals surface area contributed by atoms with Crippen LogP contribution in [0.2, 0.25) is 0 Å². The molecule has 0 bridgehead atoms. The van der Waals surface area contributed by atoms with Crippen molar-refractivity contribution in [3.05, 3.63) is 97.1 Å². The molecule has 2 aromatic heterocycles. The molecule has 0 unspecified atom stereocenters. The van der Waals surface area contributed by atoms with E-state index in [0.29, 0.717) is 0 Å². The second-order valence-corrected chi connectivity index (χ2v) is 6.94. The van der Waals surface area contributed by atoms with E-state index in [0.717, 1.165) is 16.9 Å². The summed E-state index contributed by atoms with van der Waals surface area (Å²) < 4.78 is 2.29. The van der Waals surface area contributed by atoms with Crippen molar-refractivity contribution < 1.29 is 0 Å². The number of rotatable bonds is 1. The quantitative estimate of drug-likeness (QED) is 0.334. The van der Waals surface area contributed by atoms with Gasteiger partial charge in [-0.2, -0.15) is 0 Å². The molecule has 0 spiro atoms. The van der Waals surface area contributed by atoms with Crippen molar-refractivity contribution in [3.8, 4) is 11.4 Å². The van der Waals surface area contributed by atoms with Crippen LogP contribution in [-0.2, 0) is 0 Å². The van der Waals surface area contributed by atoms with E-state index in [1.165, 1.54) is 32.6 Å². The summed E-state index contributed by atoms with van der Waals surface area (Å²) in [4.78, 5) is 5.07. The van der Waals surface area contributed by atoms with Gasteiger partial charge in [0, 0.05) is 16.3 Å². The first-order valence-electron chi connectivity index (χ1n) is 9.17. The van der Waals surface area contributed by atoms with Crippen molar-refractivity contribution in [2.75, 3.05) is 0 Å². The Labute approximate surface area is 156 Å². The van der Waals surface area contributed by atoms with E-state index in [1.807, 2.05) is 0 Å². The minimum Gasteiger partial charge on any atom is -0.293 e. The standard InChI is InChI=1S/C25H16N2/c1-2-8-18-15-20(14-13-17(18)7-1)25-26-22-11-5-4-10-21(22)24-16-19-9-3-6-12-23(19)27(24)25/h1-16H. The number of nitrogens with zero attached hydrogens (tertiary/aromatic N) is 2. The topological polar surface area (TPSA) is 17.3 Å². The van der Waals surface area contributed by atoms with Gasteiger partial charge in [0.2, 0.25) is 0 Å². The molecular weight excluding hydrogens is 328 g/mol. The van der Waals surface area contributed by atoms with E-state index < -0.39 is 0 Å². The van der Waals surface area contributed by atoms with Crippen molar-refractivity contribution in [1.29, 1.82) is 0 Å². The monoisotopic (exact) mass is 344 g/mol. The van der Waals surface area contributed by atoms with E-state index in [1.54, 1.807) is 0 Å². The summed E-state index contributed by atoms with van der Waals surface area (Å²) in [5, 5.41) is 4.89. The lowest BCUT2D eigenvalue weighted by Crippen LogP contribution is -1.97. The molecule has 0 atom stereocenters. The average molecular weight is 344 g/mol. The first-order chi connectivity index (χ1) is 13.4. The van der Waals surface area contributed by atoms with Crippen molar-refractivity contribution in [2.45, 2.75) is 0 Å². The van der Waals surface area contributed by atoms with Crippen molar-refractivity contribution in [3.63, 3.8) is 0 Å². The maximum absolute atomic E-state index is 5.07. The molecule has 0 radical (unpaired) electrons. The van der Waals surface area contributed by atoms with Gasteiger partial charge >= 0.3 is 0 Å². The Morgan fingerprint density at radius 3 is 2.22 bits per heavy atom. The largest absolute Gasteiger partial charge is 0.293 e. The maximum atomic E-state index is 5.07. The zero-order chi connectivity index (χ0) is 17.8. The fourth-order valence-electron chi connectivity index (χ4n) is 4.06. The molecule has 2 nitrogen and oxygen atoms in total. The lowest BCUT2D eigenvalue weighted by atomic mass is 10.1. The molecular formula is C25H16N2. The van der Waals surface area contributed by atoms with E-state index in [4.69, 9.17) is 4.98 Å². The molecule has 0 fully saturated rings. The van der Waals surface area contributed by atoms with Gasteiger partial charge in [-0.1, -0.05) is 72.8 Å². The van der Waals surface area contributed by atoms with Crippen LogP contribution in [0.4, 0.5) is 0 Å². The number of hydrogen-bond donors (Lipinski definition) is 0. The van der Waals surface area contributed by atoms with Gasteiger partial charge in [-0.25, -0.2) is 4.98 Å². The Kier molecular flexibility index (Phi) is 2.91. The van der Waals surface area contributed by atoms with E-state index in [2.05, 4.69) is 101 Å². The Morgan fingerprint density at radius 1 is 0.556 bits per heavy atom. The highest BCUT2D eigenvalue weighted by molar-refractivity contribution is 6.02. The second kappa shape index (κ2) is 5.42. The number of hydrogen-bond acceptors (Lipinski definition) is 1. The van der Waals surface area contributed by atoms with Gasteiger partial charge in [0.25, 0.3) is 0 Å². The van der Waals surface area contributed by atoms with Crippen LogP contribution < -0.4 is 0 Å². The highest BCUT2D eigenvalue weighted by Gasteiger charge is 2.13. The van der Waals surface area contributed by atoms with Gasteiger partial charge in [0.1, 0.15) is 5.82 Å². The summed E-state index contributed by atoms with van der Waals surface area (Å²) in [7, 11) is 0. The zero-order valence-electron chi connectivity index (χ0n) is 14.6. The Morgan fingerprint density at radius 2 is 1.30 bits per heavy atom. The summed E-state index contributed by atoms with van der Waals surface area (Å²) in [5.74, 6) is 0.982. The van der Waals surface area contributed by atoms with Crippen LogP contribution in [-0.4, -0.2) is 9.38 Å². The van der Waals surface area contributed by atoms with Crippen LogP contribution in [0.15, 0.2) is 97.1 Å². The molecule has 6 aromatic rings. The summed E-state index contributed by atoms with van der Waals surface area (Å²) >= 11 is 0. The van der Waals surface area contributed by atoms with Gasteiger partial charge in [-0.15, -0.1) is 0 Å². The number of para-hydroxylation sites is 2. The summed E-state index contributed by atoms with van der Waals surface area (Å²) in [6, 6.07) is 34.2. The molecule has 126 valence electrons. The molecule has 0 saturated heterocycles. The third-order valence-electron chi connectivity index (χ3n) is 5.34. The van der Waals surface area contributed by atoms with Crippen molar-refractivity contribution >= 4 is 38.1 Å². The second-order valence-electron chi connectivity index (χ2n) is 6.94. The molecule has 6 rings (SSSR count). The first-order valence-corrected chi connectivity index (χ1v) is 9.17. The highest BCUT2D eigenvalue weighted by atomic mass is 15.0. The predicted molar refractivity (Wildman–Crippen MR) is 113 cm³/mol. The summed E-state index contributed by atoms with van der Waals surface area (Å²) in [5.41, 5.74) is 4.54. The minimum atomic E-state index is 0.982. The predicted octanol–water partition coefficient (Wildman–Crippen LogP) is 6.46. The van der Waals surface area contributed by atoms with Crippen molar-refractivity contribution in [2.24, 2.45) is 0 Å². The third-order valence-corrected chi connectivity index (χ3v) is 5.34. The molecule has 0 N–H and O–H groups in total.